The fraction of sp³-hybridized carbons (Fsp3) is 0.412. The average molecular weight is 352 g/mol. The van der Waals surface area contributed by atoms with Gasteiger partial charge < -0.3 is 11.1 Å². The topological polar surface area (TPSA) is 68.0 Å². The van der Waals surface area contributed by atoms with Crippen molar-refractivity contribution < 1.29 is 4.79 Å². The van der Waals surface area contributed by atoms with Crippen molar-refractivity contribution in [2.24, 2.45) is 5.73 Å². The summed E-state index contributed by atoms with van der Waals surface area (Å²) >= 11 is 1.61. The van der Waals surface area contributed by atoms with Crippen LogP contribution in [0.5, 0.6) is 0 Å². The van der Waals surface area contributed by atoms with E-state index in [0.717, 1.165) is 25.0 Å². The molecule has 3 N–H and O–H groups in total. The third-order valence-corrected chi connectivity index (χ3v) is 5.00. The van der Waals surface area contributed by atoms with Crippen molar-refractivity contribution in [1.29, 1.82) is 0 Å². The number of nitrogens with zero attached hydrogens (tertiary/aromatic N) is 1. The molecule has 23 heavy (non-hydrogen) atoms. The van der Waals surface area contributed by atoms with Crippen molar-refractivity contribution in [1.82, 2.24) is 4.98 Å². The van der Waals surface area contributed by atoms with Crippen LogP contribution in [0.1, 0.15) is 41.8 Å². The van der Waals surface area contributed by atoms with Gasteiger partial charge in [-0.3, -0.25) is 4.79 Å². The van der Waals surface area contributed by atoms with Gasteiger partial charge >= 0.3 is 0 Å². The second kappa shape index (κ2) is 7.90. The van der Waals surface area contributed by atoms with Gasteiger partial charge in [-0.15, -0.1) is 23.7 Å². The van der Waals surface area contributed by atoms with Crippen LogP contribution in [-0.4, -0.2) is 16.9 Å². The minimum Gasteiger partial charge on any atom is -0.327 e. The number of rotatable bonds is 4. The SMILES string of the molecule is CC(N)CC(=O)Nc1nc2c(s1)CC(c1ccccc1)CC2.Cl. The van der Waals surface area contributed by atoms with Crippen molar-refractivity contribution in [2.45, 2.75) is 44.6 Å². The van der Waals surface area contributed by atoms with Crippen molar-refractivity contribution in [3.8, 4) is 0 Å². The van der Waals surface area contributed by atoms with Crippen LogP contribution in [0.4, 0.5) is 5.13 Å². The zero-order valence-corrected chi connectivity index (χ0v) is 14.8. The Morgan fingerprint density at radius 1 is 1.43 bits per heavy atom. The molecule has 1 heterocycles. The summed E-state index contributed by atoms with van der Waals surface area (Å²) in [6.45, 7) is 1.83. The molecule has 6 heteroatoms. The summed E-state index contributed by atoms with van der Waals surface area (Å²) in [5.41, 5.74) is 8.19. The molecule has 1 aliphatic carbocycles. The standard InChI is InChI=1S/C17H21N3OS.ClH/c1-11(18)9-16(21)20-17-19-14-8-7-13(10-15(14)22-17)12-5-3-2-4-6-12;/h2-6,11,13H,7-10,18H2,1H3,(H,19,20,21);1H. The zero-order valence-electron chi connectivity index (χ0n) is 13.1. The van der Waals surface area contributed by atoms with Crippen LogP contribution in [-0.2, 0) is 17.6 Å². The Morgan fingerprint density at radius 2 is 2.17 bits per heavy atom. The zero-order chi connectivity index (χ0) is 15.5. The quantitative estimate of drug-likeness (QED) is 0.885. The minimum absolute atomic E-state index is 0. The number of thiazole rings is 1. The van der Waals surface area contributed by atoms with Crippen LogP contribution in [0.3, 0.4) is 0 Å². The van der Waals surface area contributed by atoms with Gasteiger partial charge in [0.2, 0.25) is 5.91 Å². The van der Waals surface area contributed by atoms with Gasteiger partial charge in [-0.05, 0) is 37.7 Å². The van der Waals surface area contributed by atoms with Gasteiger partial charge in [0, 0.05) is 17.3 Å². The van der Waals surface area contributed by atoms with E-state index in [1.807, 2.05) is 6.92 Å². The molecule has 1 aromatic heterocycles. The van der Waals surface area contributed by atoms with Gasteiger partial charge in [-0.1, -0.05) is 30.3 Å². The van der Waals surface area contributed by atoms with Crippen LogP contribution in [0.25, 0.3) is 0 Å². The van der Waals surface area contributed by atoms with Gasteiger partial charge in [0.25, 0.3) is 0 Å². The molecule has 0 fully saturated rings. The molecule has 0 radical (unpaired) electrons. The molecular weight excluding hydrogens is 330 g/mol. The molecule has 0 saturated carbocycles. The number of amides is 1. The van der Waals surface area contributed by atoms with Gasteiger partial charge in [0.1, 0.15) is 0 Å². The van der Waals surface area contributed by atoms with E-state index in [1.54, 1.807) is 11.3 Å². The lowest BCUT2D eigenvalue weighted by molar-refractivity contribution is -0.116. The Morgan fingerprint density at radius 3 is 2.87 bits per heavy atom. The highest BCUT2D eigenvalue weighted by atomic mass is 35.5. The van der Waals surface area contributed by atoms with Crippen molar-refractivity contribution >= 4 is 34.8 Å². The number of hydrogen-bond donors (Lipinski definition) is 2. The van der Waals surface area contributed by atoms with Crippen LogP contribution in [0, 0.1) is 0 Å². The van der Waals surface area contributed by atoms with E-state index < -0.39 is 0 Å². The maximum atomic E-state index is 11.8. The van der Waals surface area contributed by atoms with Crippen molar-refractivity contribution in [2.75, 3.05) is 5.32 Å². The number of hydrogen-bond acceptors (Lipinski definition) is 4. The first-order valence-electron chi connectivity index (χ1n) is 7.71. The van der Waals surface area contributed by atoms with Crippen LogP contribution in [0.15, 0.2) is 30.3 Å². The monoisotopic (exact) mass is 351 g/mol. The molecule has 124 valence electrons. The Hall–Kier alpha value is -1.43. The lowest BCUT2D eigenvalue weighted by Crippen LogP contribution is -2.23. The summed E-state index contributed by atoms with van der Waals surface area (Å²) in [7, 11) is 0. The summed E-state index contributed by atoms with van der Waals surface area (Å²) in [6, 6.07) is 10.5. The first kappa shape index (κ1) is 17.9. The number of nitrogens with two attached hydrogens (primary N) is 1. The maximum absolute atomic E-state index is 11.8. The van der Waals surface area contributed by atoms with E-state index in [0.29, 0.717) is 17.5 Å². The third-order valence-electron chi connectivity index (χ3n) is 3.96. The van der Waals surface area contributed by atoms with Gasteiger partial charge in [0.15, 0.2) is 5.13 Å². The molecule has 2 unspecified atom stereocenters. The number of aromatic nitrogens is 1. The molecular formula is C17H22ClN3OS. The third kappa shape index (κ3) is 4.53. The minimum atomic E-state index is -0.128. The largest absolute Gasteiger partial charge is 0.327 e. The highest BCUT2D eigenvalue weighted by Crippen LogP contribution is 2.36. The Balaban J connectivity index is 0.00000192. The summed E-state index contributed by atoms with van der Waals surface area (Å²) in [5.74, 6) is 0.502. The van der Waals surface area contributed by atoms with Crippen LogP contribution >= 0.6 is 23.7 Å². The second-order valence-electron chi connectivity index (χ2n) is 5.97. The predicted molar refractivity (Wildman–Crippen MR) is 97.5 cm³/mol. The van der Waals surface area contributed by atoms with Gasteiger partial charge in [-0.25, -0.2) is 4.98 Å². The van der Waals surface area contributed by atoms with E-state index in [9.17, 15) is 4.79 Å². The molecule has 4 nitrogen and oxygen atoms in total. The predicted octanol–water partition coefficient (Wildman–Crippen LogP) is 3.51. The average Bonchev–Trinajstić information content (AvgIpc) is 2.88. The molecule has 1 aliphatic rings. The lowest BCUT2D eigenvalue weighted by Gasteiger charge is -2.21. The first-order chi connectivity index (χ1) is 10.6. The summed E-state index contributed by atoms with van der Waals surface area (Å²) in [5, 5.41) is 3.59. The normalized spacial score (nSPS) is 17.7. The van der Waals surface area contributed by atoms with Gasteiger partial charge in [0.05, 0.1) is 5.69 Å². The molecule has 2 aromatic rings. The molecule has 0 spiro atoms. The molecule has 1 amide bonds. The summed E-state index contributed by atoms with van der Waals surface area (Å²) in [6.07, 6.45) is 3.44. The first-order valence-corrected chi connectivity index (χ1v) is 8.52. The Kier molecular flexibility index (Phi) is 6.16. The molecule has 1 aromatic carbocycles. The molecule has 0 aliphatic heterocycles. The van der Waals surface area contributed by atoms with Crippen molar-refractivity contribution in [3.63, 3.8) is 0 Å². The molecule has 0 bridgehead atoms. The Bertz CT molecular complexity index is 657. The summed E-state index contributed by atoms with van der Waals surface area (Å²) in [4.78, 5) is 17.7. The van der Waals surface area contributed by atoms with E-state index in [-0.39, 0.29) is 24.4 Å². The lowest BCUT2D eigenvalue weighted by atomic mass is 9.85. The number of benzene rings is 1. The maximum Gasteiger partial charge on any atom is 0.227 e. The van der Waals surface area contributed by atoms with Crippen LogP contribution in [0.2, 0.25) is 0 Å². The van der Waals surface area contributed by atoms with Gasteiger partial charge in [-0.2, -0.15) is 0 Å². The highest BCUT2D eigenvalue weighted by Gasteiger charge is 2.24. The number of anilines is 1. The van der Waals surface area contributed by atoms with Crippen LogP contribution < -0.4 is 11.1 Å². The number of nitrogens with one attached hydrogen (secondary N) is 1. The smallest absolute Gasteiger partial charge is 0.227 e. The van der Waals surface area contributed by atoms with E-state index in [4.69, 9.17) is 5.73 Å². The number of aryl methyl sites for hydroxylation is 1. The number of halogens is 1. The summed E-state index contributed by atoms with van der Waals surface area (Å²) < 4.78 is 0. The fourth-order valence-corrected chi connectivity index (χ4v) is 4.01. The number of fused-ring (bicyclic) bond motifs is 1. The van der Waals surface area contributed by atoms with Crippen molar-refractivity contribution in [3.05, 3.63) is 46.5 Å². The molecule has 0 saturated heterocycles. The van der Waals surface area contributed by atoms with E-state index in [2.05, 4.69) is 40.6 Å². The number of carbonyl (C=O) groups is 1. The molecule has 3 rings (SSSR count). The Labute approximate surface area is 146 Å². The number of carbonyl (C=O) groups excluding carboxylic acids is 1. The highest BCUT2D eigenvalue weighted by molar-refractivity contribution is 7.15. The molecule has 2 atom stereocenters. The van der Waals surface area contributed by atoms with E-state index in [1.165, 1.54) is 10.4 Å². The fourth-order valence-electron chi connectivity index (χ4n) is 2.90. The van der Waals surface area contributed by atoms with E-state index >= 15 is 0 Å². The second-order valence-corrected chi connectivity index (χ2v) is 7.05.